The van der Waals surface area contributed by atoms with Crippen molar-refractivity contribution < 1.29 is 29.5 Å². The minimum absolute atomic E-state index is 0.0348. The highest BCUT2D eigenvalue weighted by Gasteiger charge is 2.73. The summed E-state index contributed by atoms with van der Waals surface area (Å²) < 4.78 is 18.0. The fourth-order valence-corrected chi connectivity index (χ4v) is 6.00. The van der Waals surface area contributed by atoms with Crippen LogP contribution in [0, 0.1) is 34.5 Å². The van der Waals surface area contributed by atoms with Crippen molar-refractivity contribution in [1.82, 2.24) is 0 Å². The Balaban J connectivity index is 1.76. The largest absolute Gasteiger partial charge is 0.367 e. The van der Waals surface area contributed by atoms with Gasteiger partial charge < -0.3 is 29.5 Å². The van der Waals surface area contributed by atoms with Gasteiger partial charge in [0.1, 0.15) is 0 Å². The summed E-state index contributed by atoms with van der Waals surface area (Å²) in [6.07, 6.45) is -1.43. The second kappa shape index (κ2) is 7.72. The zero-order valence-corrected chi connectivity index (χ0v) is 19.4. The summed E-state index contributed by atoms with van der Waals surface area (Å²) >= 11 is 0. The molecule has 3 fully saturated rings. The zero-order chi connectivity index (χ0) is 21.9. The predicted molar refractivity (Wildman–Crippen MR) is 110 cm³/mol. The molecule has 29 heavy (non-hydrogen) atoms. The molecule has 3 N–H and O–H groups in total. The molecule has 9 atom stereocenters. The number of fused-ring (bicyclic) bond motifs is 1. The van der Waals surface area contributed by atoms with Gasteiger partial charge in [0.25, 0.3) is 0 Å². The van der Waals surface area contributed by atoms with E-state index in [1.807, 2.05) is 20.8 Å². The fraction of sp³-hybridized carbons (Fsp3) is 1.00. The molecular weight excluding hydrogens is 372 g/mol. The van der Waals surface area contributed by atoms with Crippen molar-refractivity contribution >= 4 is 0 Å². The molecule has 0 aromatic carbocycles. The van der Waals surface area contributed by atoms with Crippen LogP contribution in [-0.4, -0.2) is 52.0 Å². The van der Waals surface area contributed by atoms with Crippen molar-refractivity contribution in [1.29, 1.82) is 0 Å². The zero-order valence-electron chi connectivity index (χ0n) is 19.4. The lowest BCUT2D eigenvalue weighted by Gasteiger charge is -2.44. The van der Waals surface area contributed by atoms with E-state index < -0.39 is 29.9 Å². The van der Waals surface area contributed by atoms with Gasteiger partial charge in [0.2, 0.25) is 0 Å². The highest BCUT2D eigenvalue weighted by Crippen LogP contribution is 2.66. The molecule has 6 nitrogen and oxygen atoms in total. The van der Waals surface area contributed by atoms with Gasteiger partial charge in [-0.3, -0.25) is 0 Å². The van der Waals surface area contributed by atoms with E-state index >= 15 is 0 Å². The second-order valence-electron chi connectivity index (χ2n) is 11.7. The predicted octanol–water partition coefficient (Wildman–Crippen LogP) is 3.28. The molecule has 0 aromatic rings. The van der Waals surface area contributed by atoms with Crippen LogP contribution >= 0.6 is 0 Å². The van der Waals surface area contributed by atoms with E-state index in [0.717, 1.165) is 12.8 Å². The first-order valence-electron chi connectivity index (χ1n) is 11.3. The van der Waals surface area contributed by atoms with Crippen LogP contribution in [0.5, 0.6) is 0 Å². The van der Waals surface area contributed by atoms with E-state index in [0.29, 0.717) is 12.3 Å². The van der Waals surface area contributed by atoms with Gasteiger partial charge in [-0.25, -0.2) is 0 Å². The molecule has 3 aliphatic rings. The first-order chi connectivity index (χ1) is 13.2. The Hall–Kier alpha value is -0.240. The Morgan fingerprint density at radius 2 is 1.72 bits per heavy atom. The van der Waals surface area contributed by atoms with E-state index in [9.17, 15) is 15.3 Å². The van der Waals surface area contributed by atoms with Gasteiger partial charge in [-0.1, -0.05) is 34.6 Å². The lowest BCUT2D eigenvalue weighted by atomic mass is 9.71. The van der Waals surface area contributed by atoms with Crippen molar-refractivity contribution in [2.24, 2.45) is 34.5 Å². The SMILES string of the molecule is CC(C)CC(C)(C(C)C)C(O)OC1C2CC3C1OC(O)C3(C(O)OC(C)(C)C)C2. The van der Waals surface area contributed by atoms with Gasteiger partial charge >= 0.3 is 0 Å². The molecule has 1 heterocycles. The Kier molecular flexibility index (Phi) is 6.23. The van der Waals surface area contributed by atoms with Crippen molar-refractivity contribution in [3.05, 3.63) is 0 Å². The van der Waals surface area contributed by atoms with E-state index in [1.54, 1.807) is 0 Å². The first-order valence-corrected chi connectivity index (χ1v) is 11.3. The van der Waals surface area contributed by atoms with Crippen molar-refractivity contribution in [3.8, 4) is 0 Å². The third-order valence-corrected chi connectivity index (χ3v) is 7.74. The second-order valence-corrected chi connectivity index (χ2v) is 11.7. The summed E-state index contributed by atoms with van der Waals surface area (Å²) in [5.74, 6) is 0.801. The fourth-order valence-electron chi connectivity index (χ4n) is 6.00. The average molecular weight is 415 g/mol. The molecule has 6 heteroatoms. The highest BCUT2D eigenvalue weighted by molar-refractivity contribution is 5.16. The summed E-state index contributed by atoms with van der Waals surface area (Å²) in [4.78, 5) is 0. The van der Waals surface area contributed by atoms with Gasteiger partial charge in [0.05, 0.1) is 23.2 Å². The Morgan fingerprint density at radius 3 is 2.24 bits per heavy atom. The highest BCUT2D eigenvalue weighted by atomic mass is 16.7. The minimum Gasteiger partial charge on any atom is -0.367 e. The van der Waals surface area contributed by atoms with E-state index in [-0.39, 0.29) is 35.4 Å². The molecule has 0 spiro atoms. The quantitative estimate of drug-likeness (QED) is 0.528. The first kappa shape index (κ1) is 23.4. The van der Waals surface area contributed by atoms with Crippen LogP contribution in [0.4, 0.5) is 0 Å². The average Bonchev–Trinajstić information content (AvgIpc) is 3.14. The molecule has 3 rings (SSSR count). The third-order valence-electron chi connectivity index (χ3n) is 7.74. The number of rotatable bonds is 8. The van der Waals surface area contributed by atoms with Gasteiger partial charge in [-0.2, -0.15) is 0 Å². The van der Waals surface area contributed by atoms with Gasteiger partial charge in [-0.05, 0) is 57.8 Å². The normalized spacial score (nSPS) is 40.7. The number of hydrogen-bond donors (Lipinski definition) is 3. The lowest BCUT2D eigenvalue weighted by molar-refractivity contribution is -0.267. The minimum atomic E-state index is -1.09. The smallest absolute Gasteiger partial charge is 0.166 e. The van der Waals surface area contributed by atoms with Crippen LogP contribution in [0.2, 0.25) is 0 Å². The molecule has 2 bridgehead atoms. The topological polar surface area (TPSA) is 88.4 Å². The van der Waals surface area contributed by atoms with Crippen LogP contribution in [0.1, 0.15) is 74.7 Å². The van der Waals surface area contributed by atoms with Crippen molar-refractivity contribution in [2.75, 3.05) is 0 Å². The summed E-state index contributed by atoms with van der Waals surface area (Å²) in [5, 5.41) is 32.7. The number of ether oxygens (including phenoxy) is 3. The number of aliphatic hydroxyl groups is 3. The maximum atomic E-state index is 11.1. The van der Waals surface area contributed by atoms with E-state index in [1.165, 1.54) is 0 Å². The number of hydrogen-bond acceptors (Lipinski definition) is 6. The van der Waals surface area contributed by atoms with Crippen molar-refractivity contribution in [2.45, 2.75) is 111 Å². The molecule has 0 radical (unpaired) electrons. The molecule has 1 saturated heterocycles. The Bertz CT molecular complexity index is 586. The van der Waals surface area contributed by atoms with Crippen LogP contribution in [0.15, 0.2) is 0 Å². The van der Waals surface area contributed by atoms with Gasteiger partial charge in [-0.15, -0.1) is 0 Å². The summed E-state index contributed by atoms with van der Waals surface area (Å²) in [5.41, 5.74) is -1.69. The van der Waals surface area contributed by atoms with Crippen LogP contribution in [-0.2, 0) is 14.2 Å². The molecule has 9 unspecified atom stereocenters. The Morgan fingerprint density at radius 1 is 1.10 bits per heavy atom. The van der Waals surface area contributed by atoms with Gasteiger partial charge in [0.15, 0.2) is 18.9 Å². The van der Waals surface area contributed by atoms with E-state index in [4.69, 9.17) is 14.2 Å². The maximum absolute atomic E-state index is 11.1. The van der Waals surface area contributed by atoms with Crippen LogP contribution in [0.3, 0.4) is 0 Å². The van der Waals surface area contributed by atoms with Crippen molar-refractivity contribution in [3.63, 3.8) is 0 Å². The molecule has 0 amide bonds. The molecule has 0 aromatic heterocycles. The molecule has 170 valence electrons. The monoisotopic (exact) mass is 414 g/mol. The molecular formula is C23H42O6. The summed E-state index contributed by atoms with van der Waals surface area (Å²) in [6, 6.07) is 0. The maximum Gasteiger partial charge on any atom is 0.166 e. The van der Waals surface area contributed by atoms with Crippen LogP contribution in [0.25, 0.3) is 0 Å². The molecule has 2 saturated carbocycles. The standard InChI is InChI=1S/C23H42O6/c1-12(2)10-22(8,13(3)4)18(24)27-16-14-9-15-17(16)28-19(25)23(15,11-14)20(26)29-21(5,6)7/h12-20,24-26H,9-11H2,1-8H3. The van der Waals surface area contributed by atoms with E-state index in [2.05, 4.69) is 34.6 Å². The molecule has 1 aliphatic heterocycles. The molecule has 2 aliphatic carbocycles. The summed E-state index contributed by atoms with van der Waals surface area (Å²) in [6.45, 7) is 16.3. The summed E-state index contributed by atoms with van der Waals surface area (Å²) in [7, 11) is 0. The third kappa shape index (κ3) is 3.90. The number of aliphatic hydroxyl groups excluding tert-OH is 3. The lowest BCUT2D eigenvalue weighted by Crippen LogP contribution is -2.52. The van der Waals surface area contributed by atoms with Crippen LogP contribution < -0.4 is 0 Å². The van der Waals surface area contributed by atoms with Gasteiger partial charge in [0, 0.05) is 11.3 Å². The Labute approximate surface area is 175 Å².